The molecule has 0 bridgehead atoms. The van der Waals surface area contributed by atoms with Gasteiger partial charge in [0, 0.05) is 29.7 Å². The van der Waals surface area contributed by atoms with E-state index in [1.54, 1.807) is 0 Å². The molecule has 1 N–H and O–H groups in total. The molecule has 0 unspecified atom stereocenters. The number of carbonyl (C=O) groups is 2. The quantitative estimate of drug-likeness (QED) is 0.343. The third-order valence-electron chi connectivity index (χ3n) is 4.85. The van der Waals surface area contributed by atoms with Crippen molar-refractivity contribution in [2.75, 3.05) is 12.3 Å². The van der Waals surface area contributed by atoms with E-state index in [0.29, 0.717) is 18.0 Å². The van der Waals surface area contributed by atoms with Gasteiger partial charge in [-0.15, -0.1) is 11.3 Å². The predicted octanol–water partition coefficient (Wildman–Crippen LogP) is 5.99. The molecule has 4 nitrogen and oxygen atoms in total. The standard InChI is InChI=1S/C25H28N2O2S2/c28-23(16-15-20-11-5-3-6-12-20)30-18-10-2-1-9-17-26-24(29)25-27-22(19-31-25)21-13-7-4-8-14-21/h3-8,11-14,19H,1-2,9-10,15-18H2,(H,26,29). The summed E-state index contributed by atoms with van der Waals surface area (Å²) in [7, 11) is 0. The number of aromatic nitrogens is 1. The Kier molecular flexibility index (Phi) is 9.80. The molecular formula is C25H28N2O2S2. The van der Waals surface area contributed by atoms with E-state index in [9.17, 15) is 9.59 Å². The summed E-state index contributed by atoms with van der Waals surface area (Å²) in [6, 6.07) is 20.0. The molecule has 0 aliphatic rings. The van der Waals surface area contributed by atoms with Gasteiger partial charge in [-0.25, -0.2) is 4.98 Å². The first-order valence-corrected chi connectivity index (χ1v) is 12.6. The number of nitrogens with one attached hydrogen (secondary N) is 1. The molecule has 31 heavy (non-hydrogen) atoms. The SMILES string of the molecule is O=C(CCc1ccccc1)SCCCCCCNC(=O)c1nc(-c2ccccc2)cs1. The summed E-state index contributed by atoms with van der Waals surface area (Å²) in [5.41, 5.74) is 3.08. The van der Waals surface area contributed by atoms with E-state index in [1.165, 1.54) is 28.7 Å². The van der Waals surface area contributed by atoms with Gasteiger partial charge in [-0.2, -0.15) is 0 Å². The van der Waals surface area contributed by atoms with E-state index in [-0.39, 0.29) is 11.0 Å². The maximum Gasteiger partial charge on any atom is 0.280 e. The lowest BCUT2D eigenvalue weighted by atomic mass is 10.1. The van der Waals surface area contributed by atoms with Crippen molar-refractivity contribution in [3.63, 3.8) is 0 Å². The van der Waals surface area contributed by atoms with Gasteiger partial charge in [0.15, 0.2) is 10.1 Å². The van der Waals surface area contributed by atoms with E-state index in [1.807, 2.05) is 53.9 Å². The van der Waals surface area contributed by atoms with Crippen LogP contribution in [0, 0.1) is 0 Å². The summed E-state index contributed by atoms with van der Waals surface area (Å²) in [6.07, 6.45) is 5.51. The first-order chi connectivity index (χ1) is 15.2. The fourth-order valence-corrected chi connectivity index (χ4v) is 4.69. The zero-order chi connectivity index (χ0) is 21.7. The monoisotopic (exact) mass is 452 g/mol. The second kappa shape index (κ2) is 13.1. The molecule has 6 heteroatoms. The number of amides is 1. The van der Waals surface area contributed by atoms with Crippen molar-refractivity contribution in [2.24, 2.45) is 0 Å². The van der Waals surface area contributed by atoms with E-state index < -0.39 is 0 Å². The summed E-state index contributed by atoms with van der Waals surface area (Å²) in [6.45, 7) is 0.655. The Morgan fingerprint density at radius 3 is 2.39 bits per heavy atom. The molecule has 1 heterocycles. The highest BCUT2D eigenvalue weighted by Gasteiger charge is 2.11. The van der Waals surface area contributed by atoms with Crippen molar-refractivity contribution in [2.45, 2.75) is 38.5 Å². The lowest BCUT2D eigenvalue weighted by molar-refractivity contribution is -0.110. The van der Waals surface area contributed by atoms with E-state index >= 15 is 0 Å². The van der Waals surface area contributed by atoms with Crippen molar-refractivity contribution in [3.8, 4) is 11.3 Å². The van der Waals surface area contributed by atoms with Crippen LogP contribution in [0.4, 0.5) is 0 Å². The van der Waals surface area contributed by atoms with Gasteiger partial charge in [0.25, 0.3) is 5.91 Å². The van der Waals surface area contributed by atoms with Crippen molar-refractivity contribution in [1.82, 2.24) is 10.3 Å². The highest BCUT2D eigenvalue weighted by molar-refractivity contribution is 8.13. The van der Waals surface area contributed by atoms with Gasteiger partial charge in [-0.3, -0.25) is 9.59 Å². The van der Waals surface area contributed by atoms with Crippen LogP contribution >= 0.6 is 23.1 Å². The highest BCUT2D eigenvalue weighted by atomic mass is 32.2. The zero-order valence-electron chi connectivity index (χ0n) is 17.6. The minimum atomic E-state index is -0.105. The Hall–Kier alpha value is -2.44. The van der Waals surface area contributed by atoms with E-state index in [2.05, 4.69) is 22.4 Å². The minimum absolute atomic E-state index is 0.105. The second-order valence-corrected chi connectivity index (χ2v) is 9.29. The Morgan fingerprint density at radius 1 is 0.903 bits per heavy atom. The van der Waals surface area contributed by atoms with Gasteiger partial charge < -0.3 is 5.32 Å². The van der Waals surface area contributed by atoms with Crippen LogP contribution in [-0.2, 0) is 11.2 Å². The Morgan fingerprint density at radius 2 is 1.61 bits per heavy atom. The maximum atomic E-state index is 12.3. The summed E-state index contributed by atoms with van der Waals surface area (Å²) < 4.78 is 0. The summed E-state index contributed by atoms with van der Waals surface area (Å²) in [4.78, 5) is 28.7. The molecule has 0 atom stereocenters. The summed E-state index contributed by atoms with van der Waals surface area (Å²) in [5, 5.41) is 5.65. The Balaban J connectivity index is 1.21. The number of hydrogen-bond acceptors (Lipinski definition) is 5. The molecule has 0 saturated carbocycles. The first-order valence-electron chi connectivity index (χ1n) is 10.7. The smallest absolute Gasteiger partial charge is 0.280 e. The van der Waals surface area contributed by atoms with Gasteiger partial charge >= 0.3 is 0 Å². The molecule has 0 spiro atoms. The van der Waals surface area contributed by atoms with Crippen LogP contribution in [0.3, 0.4) is 0 Å². The fourth-order valence-electron chi connectivity index (χ4n) is 3.13. The van der Waals surface area contributed by atoms with E-state index in [4.69, 9.17) is 0 Å². The number of rotatable bonds is 12. The topological polar surface area (TPSA) is 59.1 Å². The van der Waals surface area contributed by atoms with Gasteiger partial charge in [-0.1, -0.05) is 85.3 Å². The van der Waals surface area contributed by atoms with Gasteiger partial charge in [-0.05, 0) is 24.8 Å². The van der Waals surface area contributed by atoms with Gasteiger partial charge in [0.1, 0.15) is 0 Å². The molecule has 1 aromatic heterocycles. The van der Waals surface area contributed by atoms with Crippen molar-refractivity contribution in [1.29, 1.82) is 0 Å². The molecule has 2 aromatic carbocycles. The number of thiazole rings is 1. The average Bonchev–Trinajstić information content (AvgIpc) is 3.31. The largest absolute Gasteiger partial charge is 0.350 e. The number of unbranched alkanes of at least 4 members (excludes halogenated alkanes) is 3. The molecular weight excluding hydrogens is 424 g/mol. The number of aryl methyl sites for hydroxylation is 1. The van der Waals surface area contributed by atoms with Crippen LogP contribution in [0.25, 0.3) is 11.3 Å². The van der Waals surface area contributed by atoms with Crippen LogP contribution < -0.4 is 5.32 Å². The lowest BCUT2D eigenvalue weighted by Gasteiger charge is -2.04. The summed E-state index contributed by atoms with van der Waals surface area (Å²) >= 11 is 2.82. The van der Waals surface area contributed by atoms with Crippen LogP contribution in [0.5, 0.6) is 0 Å². The van der Waals surface area contributed by atoms with Crippen LogP contribution in [0.1, 0.15) is 47.5 Å². The zero-order valence-corrected chi connectivity index (χ0v) is 19.2. The number of nitrogens with zero attached hydrogens (tertiary/aromatic N) is 1. The normalized spacial score (nSPS) is 10.7. The molecule has 162 valence electrons. The molecule has 0 aliphatic carbocycles. The van der Waals surface area contributed by atoms with Gasteiger partial charge in [0.05, 0.1) is 5.69 Å². The molecule has 3 rings (SSSR count). The Labute approximate surface area is 192 Å². The van der Waals surface area contributed by atoms with Crippen LogP contribution in [-0.4, -0.2) is 28.3 Å². The fraction of sp³-hybridized carbons (Fsp3) is 0.320. The molecule has 0 aliphatic heterocycles. The first kappa shape index (κ1) is 23.2. The van der Waals surface area contributed by atoms with Crippen molar-refractivity contribution >= 4 is 34.1 Å². The number of thioether (sulfide) groups is 1. The van der Waals surface area contributed by atoms with Gasteiger partial charge in [0.2, 0.25) is 0 Å². The second-order valence-electron chi connectivity index (χ2n) is 7.28. The number of carbonyl (C=O) groups excluding carboxylic acids is 2. The lowest BCUT2D eigenvalue weighted by Crippen LogP contribution is -2.24. The molecule has 0 radical (unpaired) electrons. The number of hydrogen-bond donors (Lipinski definition) is 1. The highest BCUT2D eigenvalue weighted by Crippen LogP contribution is 2.21. The molecule has 1 amide bonds. The van der Waals surface area contributed by atoms with E-state index in [0.717, 1.165) is 49.1 Å². The van der Waals surface area contributed by atoms with Crippen molar-refractivity contribution < 1.29 is 9.59 Å². The maximum absolute atomic E-state index is 12.3. The number of benzene rings is 2. The van der Waals surface area contributed by atoms with Crippen molar-refractivity contribution in [3.05, 3.63) is 76.6 Å². The van der Waals surface area contributed by atoms with Crippen LogP contribution in [0.15, 0.2) is 66.0 Å². The third-order valence-corrected chi connectivity index (χ3v) is 6.71. The van der Waals surface area contributed by atoms with Crippen LogP contribution in [0.2, 0.25) is 0 Å². The average molecular weight is 453 g/mol. The third kappa shape index (κ3) is 8.31. The molecule has 3 aromatic rings. The Bertz CT molecular complexity index is 942. The minimum Gasteiger partial charge on any atom is -0.350 e. The summed E-state index contributed by atoms with van der Waals surface area (Å²) in [5.74, 6) is 0.771. The molecule has 0 saturated heterocycles. The molecule has 0 fully saturated rings. The predicted molar refractivity (Wildman–Crippen MR) is 131 cm³/mol.